The zero-order chi connectivity index (χ0) is 19.0. The average Bonchev–Trinajstić information content (AvgIpc) is 2.86. The van der Waals surface area contributed by atoms with Crippen molar-refractivity contribution < 1.29 is 14.1 Å². The van der Waals surface area contributed by atoms with Gasteiger partial charge in [0.25, 0.3) is 5.91 Å². The molecule has 6 heteroatoms. The lowest BCUT2D eigenvalue weighted by molar-refractivity contribution is -0.0756. The number of aromatic nitrogens is 1. The first-order chi connectivity index (χ1) is 11.5. The number of benzene rings is 1. The van der Waals surface area contributed by atoms with Gasteiger partial charge in [-0.05, 0) is 42.4 Å². The second kappa shape index (κ2) is 6.94. The minimum absolute atomic E-state index is 0.160. The highest BCUT2D eigenvalue weighted by Crippen LogP contribution is 2.37. The summed E-state index contributed by atoms with van der Waals surface area (Å²) in [5, 5.41) is 2.44. The molecule has 0 atom stereocenters. The van der Waals surface area contributed by atoms with Gasteiger partial charge in [0.2, 0.25) is 0 Å². The van der Waals surface area contributed by atoms with Gasteiger partial charge >= 0.3 is 0 Å². The van der Waals surface area contributed by atoms with E-state index in [1.54, 1.807) is 7.05 Å². The molecule has 0 aliphatic carbocycles. The van der Waals surface area contributed by atoms with Crippen molar-refractivity contribution in [1.29, 1.82) is 0 Å². The Kier molecular flexibility index (Phi) is 5.46. The smallest absolute Gasteiger partial charge is 0.277 e. The van der Waals surface area contributed by atoms with Gasteiger partial charge in [-0.2, -0.15) is 0 Å². The highest BCUT2D eigenvalue weighted by molar-refractivity contribution is 6.74. The molecule has 0 spiro atoms. The van der Waals surface area contributed by atoms with Gasteiger partial charge in [-0.3, -0.25) is 9.63 Å². The monoisotopic (exact) mass is 362 g/mol. The molecule has 0 radical (unpaired) electrons. The summed E-state index contributed by atoms with van der Waals surface area (Å²) in [5.74, 6) is -0.160. The number of hydrogen-bond donors (Lipinski definition) is 0. The summed E-state index contributed by atoms with van der Waals surface area (Å²) in [7, 11) is 3.33. The number of aryl methyl sites for hydroxylation is 1. The molecule has 1 heterocycles. The van der Waals surface area contributed by atoms with E-state index in [4.69, 9.17) is 9.26 Å². The van der Waals surface area contributed by atoms with Crippen LogP contribution in [0.3, 0.4) is 0 Å². The molecule has 25 heavy (non-hydrogen) atoms. The number of rotatable bonds is 5. The SMILES string of the molecule is CON(C)C(=O)c1ccc2c(c1)cc(CO[Si](C)(C)C(C)(C)C)n2C. The largest absolute Gasteiger partial charge is 0.411 e. The van der Waals surface area contributed by atoms with Crippen LogP contribution in [-0.4, -0.2) is 38.0 Å². The predicted molar refractivity (Wildman–Crippen MR) is 104 cm³/mol. The first kappa shape index (κ1) is 19.7. The maximum absolute atomic E-state index is 12.3. The summed E-state index contributed by atoms with van der Waals surface area (Å²) in [6.07, 6.45) is 0. The molecule has 0 aliphatic heterocycles. The molecule has 138 valence electrons. The van der Waals surface area contributed by atoms with Crippen LogP contribution in [-0.2, 0) is 22.9 Å². The fourth-order valence-corrected chi connectivity index (χ4v) is 3.36. The van der Waals surface area contributed by atoms with Crippen molar-refractivity contribution in [2.75, 3.05) is 14.2 Å². The van der Waals surface area contributed by atoms with Gasteiger partial charge < -0.3 is 8.99 Å². The third-order valence-electron chi connectivity index (χ3n) is 5.34. The van der Waals surface area contributed by atoms with Gasteiger partial charge in [-0.15, -0.1) is 0 Å². The first-order valence-electron chi connectivity index (χ1n) is 8.52. The highest BCUT2D eigenvalue weighted by Gasteiger charge is 2.37. The van der Waals surface area contributed by atoms with Gasteiger partial charge in [0.05, 0.1) is 13.7 Å². The number of amides is 1. The van der Waals surface area contributed by atoms with E-state index >= 15 is 0 Å². The van der Waals surface area contributed by atoms with Crippen molar-refractivity contribution in [3.8, 4) is 0 Å². The van der Waals surface area contributed by atoms with Crippen LogP contribution < -0.4 is 0 Å². The number of carbonyl (C=O) groups is 1. The Hall–Kier alpha value is -1.63. The van der Waals surface area contributed by atoms with E-state index in [1.165, 1.54) is 12.2 Å². The van der Waals surface area contributed by atoms with Crippen molar-refractivity contribution in [1.82, 2.24) is 9.63 Å². The number of nitrogens with zero attached hydrogens (tertiary/aromatic N) is 2. The van der Waals surface area contributed by atoms with Crippen LogP contribution in [0.2, 0.25) is 18.1 Å². The standard InChI is InChI=1S/C19H30N2O3Si/c1-19(2,3)25(7,8)24-13-16-12-15-11-14(18(22)21(5)23-6)9-10-17(15)20(16)4/h9-12H,13H2,1-8H3. The molecule has 0 saturated carbocycles. The highest BCUT2D eigenvalue weighted by atomic mass is 28.4. The summed E-state index contributed by atoms with van der Waals surface area (Å²) >= 11 is 0. The second-order valence-electron chi connectivity index (χ2n) is 8.00. The number of fused-ring (bicyclic) bond motifs is 1. The zero-order valence-corrected chi connectivity index (χ0v) is 17.6. The van der Waals surface area contributed by atoms with Crippen LogP contribution in [0.1, 0.15) is 36.8 Å². The fourth-order valence-electron chi connectivity index (χ4n) is 2.41. The molecular weight excluding hydrogens is 332 g/mol. The molecule has 0 aliphatic rings. The molecule has 1 amide bonds. The molecule has 2 aromatic rings. The zero-order valence-electron chi connectivity index (χ0n) is 16.6. The van der Waals surface area contributed by atoms with E-state index in [-0.39, 0.29) is 10.9 Å². The first-order valence-corrected chi connectivity index (χ1v) is 11.4. The van der Waals surface area contributed by atoms with E-state index in [9.17, 15) is 4.79 Å². The van der Waals surface area contributed by atoms with Crippen molar-refractivity contribution in [2.45, 2.75) is 45.5 Å². The average molecular weight is 363 g/mol. The lowest BCUT2D eigenvalue weighted by Crippen LogP contribution is -2.40. The van der Waals surface area contributed by atoms with Gasteiger partial charge in [0.1, 0.15) is 0 Å². The van der Waals surface area contributed by atoms with Crippen LogP contribution in [0, 0.1) is 0 Å². The van der Waals surface area contributed by atoms with Crippen LogP contribution in [0.15, 0.2) is 24.3 Å². The topological polar surface area (TPSA) is 43.7 Å². The third-order valence-corrected chi connectivity index (χ3v) is 9.81. The molecule has 0 unspecified atom stereocenters. The van der Waals surface area contributed by atoms with Crippen LogP contribution in [0.4, 0.5) is 0 Å². The lowest BCUT2D eigenvalue weighted by Gasteiger charge is -2.36. The number of carbonyl (C=O) groups excluding carboxylic acids is 1. The van der Waals surface area contributed by atoms with Crippen molar-refractivity contribution in [2.24, 2.45) is 7.05 Å². The van der Waals surface area contributed by atoms with E-state index in [1.807, 2.05) is 25.2 Å². The quantitative estimate of drug-likeness (QED) is 0.587. The minimum Gasteiger partial charge on any atom is -0.411 e. The summed E-state index contributed by atoms with van der Waals surface area (Å²) in [6, 6.07) is 7.82. The summed E-state index contributed by atoms with van der Waals surface area (Å²) in [6.45, 7) is 11.8. The van der Waals surface area contributed by atoms with Crippen LogP contribution in [0.25, 0.3) is 10.9 Å². The third kappa shape index (κ3) is 3.97. The fraction of sp³-hybridized carbons (Fsp3) is 0.526. The maximum Gasteiger partial charge on any atom is 0.277 e. The molecule has 1 aromatic carbocycles. The van der Waals surface area contributed by atoms with Crippen LogP contribution >= 0.6 is 0 Å². The Morgan fingerprint density at radius 2 is 1.88 bits per heavy atom. The molecule has 0 fully saturated rings. The molecule has 1 aromatic heterocycles. The molecular formula is C19H30N2O3Si. The van der Waals surface area contributed by atoms with Gasteiger partial charge in [0.15, 0.2) is 8.32 Å². The Morgan fingerprint density at radius 3 is 2.44 bits per heavy atom. The molecule has 0 N–H and O–H groups in total. The summed E-state index contributed by atoms with van der Waals surface area (Å²) in [4.78, 5) is 17.2. The Balaban J connectivity index is 2.29. The Labute approximate surface area is 151 Å². The molecule has 0 bridgehead atoms. The molecule has 2 rings (SSSR count). The van der Waals surface area contributed by atoms with E-state index in [0.717, 1.165) is 16.6 Å². The molecule has 5 nitrogen and oxygen atoms in total. The van der Waals surface area contributed by atoms with E-state index in [0.29, 0.717) is 12.2 Å². The Bertz CT molecular complexity index is 775. The van der Waals surface area contributed by atoms with Gasteiger partial charge in [-0.25, -0.2) is 5.06 Å². The van der Waals surface area contributed by atoms with Crippen molar-refractivity contribution in [3.05, 3.63) is 35.5 Å². The predicted octanol–water partition coefficient (Wildman–Crippen LogP) is 4.33. The normalized spacial score (nSPS) is 12.6. The molecule has 0 saturated heterocycles. The van der Waals surface area contributed by atoms with E-state index in [2.05, 4.69) is 44.5 Å². The summed E-state index contributed by atoms with van der Waals surface area (Å²) in [5.41, 5.74) is 2.81. The van der Waals surface area contributed by atoms with Gasteiger partial charge in [-0.1, -0.05) is 20.8 Å². The minimum atomic E-state index is -1.80. The number of hydroxylamine groups is 2. The van der Waals surface area contributed by atoms with Crippen LogP contribution in [0.5, 0.6) is 0 Å². The van der Waals surface area contributed by atoms with Crippen molar-refractivity contribution >= 4 is 25.1 Å². The summed E-state index contributed by atoms with van der Waals surface area (Å²) < 4.78 is 8.48. The maximum atomic E-state index is 12.3. The lowest BCUT2D eigenvalue weighted by atomic mass is 10.1. The van der Waals surface area contributed by atoms with Gasteiger partial charge in [0, 0.05) is 36.3 Å². The van der Waals surface area contributed by atoms with Crippen molar-refractivity contribution in [3.63, 3.8) is 0 Å². The number of hydrogen-bond acceptors (Lipinski definition) is 3. The second-order valence-corrected chi connectivity index (χ2v) is 12.8. The Morgan fingerprint density at radius 1 is 1.24 bits per heavy atom. The van der Waals surface area contributed by atoms with E-state index < -0.39 is 8.32 Å².